The van der Waals surface area contributed by atoms with Gasteiger partial charge in [0.05, 0.1) is 62.9 Å². The highest BCUT2D eigenvalue weighted by atomic mass is 16.7. The van der Waals surface area contributed by atoms with Crippen LogP contribution in [0, 0.1) is 0 Å². The predicted octanol–water partition coefficient (Wildman–Crippen LogP) is -1.07. The van der Waals surface area contributed by atoms with E-state index in [2.05, 4.69) is 31.3 Å². The van der Waals surface area contributed by atoms with Crippen molar-refractivity contribution in [3.05, 3.63) is 59.2 Å². The summed E-state index contributed by atoms with van der Waals surface area (Å²) in [4.78, 5) is 123. The first kappa shape index (κ1) is 58.9. The molecule has 2 N–H and O–H groups in total. The van der Waals surface area contributed by atoms with E-state index in [0.29, 0.717) is 11.4 Å². The van der Waals surface area contributed by atoms with E-state index in [1.165, 1.54) is 33.9 Å². The Morgan fingerprint density at radius 3 is 1.13 bits per heavy atom. The smallest absolute Gasteiger partial charge is 0.303 e. The molecule has 76 heavy (non-hydrogen) atoms. The van der Waals surface area contributed by atoms with Gasteiger partial charge in [-0.2, -0.15) is 0 Å². The first-order chi connectivity index (χ1) is 36.1. The molecule has 414 valence electrons. The molecule has 0 spiro atoms. The van der Waals surface area contributed by atoms with E-state index in [9.17, 15) is 47.9 Å². The van der Waals surface area contributed by atoms with Gasteiger partial charge in [-0.3, -0.25) is 47.9 Å². The molecule has 30 heteroatoms. The van der Waals surface area contributed by atoms with Crippen LogP contribution in [0.3, 0.4) is 0 Å². The van der Waals surface area contributed by atoms with Gasteiger partial charge in [0.1, 0.15) is 36.8 Å². The zero-order valence-corrected chi connectivity index (χ0v) is 42.6. The number of aromatic nitrogens is 6. The fourth-order valence-electron chi connectivity index (χ4n) is 7.64. The molecule has 10 atom stereocenters. The Bertz CT molecular complexity index is 2400. The summed E-state index contributed by atoms with van der Waals surface area (Å²) in [7, 11) is 0. The van der Waals surface area contributed by atoms with Crippen molar-refractivity contribution in [2.75, 3.05) is 26.4 Å². The van der Waals surface area contributed by atoms with E-state index in [1.54, 1.807) is 12.1 Å². The second-order valence-electron chi connectivity index (χ2n) is 16.7. The molecule has 2 aliphatic heterocycles. The lowest BCUT2D eigenvalue weighted by atomic mass is 9.98. The Labute approximate surface area is 432 Å². The maximum atomic E-state index is 13.4. The highest BCUT2D eigenvalue weighted by Gasteiger charge is 2.54. The third-order valence-corrected chi connectivity index (χ3v) is 10.6. The summed E-state index contributed by atoms with van der Waals surface area (Å²) in [6.07, 6.45) is -10.6. The maximum absolute atomic E-state index is 13.4. The summed E-state index contributed by atoms with van der Waals surface area (Å²) in [5.41, 5.74) is 0.699. The summed E-state index contributed by atoms with van der Waals surface area (Å²) in [6, 6.07) is 6.05. The number of carbonyl (C=O) groups excluding carboxylic acids is 10. The van der Waals surface area contributed by atoms with Crippen LogP contribution in [0.5, 0.6) is 0 Å². The van der Waals surface area contributed by atoms with Crippen molar-refractivity contribution in [2.45, 2.75) is 143 Å². The minimum atomic E-state index is -1.43. The molecule has 0 unspecified atom stereocenters. The normalized spacial score (nSPS) is 22.9. The fraction of sp³-hybridized carbons (Fsp3) is 0.565. The van der Waals surface area contributed by atoms with Crippen LogP contribution in [0.25, 0.3) is 0 Å². The van der Waals surface area contributed by atoms with Crippen molar-refractivity contribution in [2.24, 2.45) is 0 Å². The summed E-state index contributed by atoms with van der Waals surface area (Å²) < 4.78 is 69.0. The van der Waals surface area contributed by atoms with E-state index >= 15 is 0 Å². The van der Waals surface area contributed by atoms with Gasteiger partial charge in [0.2, 0.25) is 0 Å². The van der Waals surface area contributed by atoms with Crippen molar-refractivity contribution < 1.29 is 105 Å². The lowest BCUT2D eigenvalue weighted by molar-refractivity contribution is -0.308. The lowest BCUT2D eigenvalue weighted by Gasteiger charge is -2.44. The number of nitrogens with one attached hydrogen (secondary N) is 2. The van der Waals surface area contributed by atoms with E-state index in [0.717, 1.165) is 55.4 Å². The van der Waals surface area contributed by atoms with Crippen LogP contribution in [0.1, 0.15) is 87.5 Å². The van der Waals surface area contributed by atoms with Gasteiger partial charge in [0.15, 0.2) is 49.2 Å². The zero-order chi connectivity index (χ0) is 55.6. The number of hydrogen-bond donors (Lipinski definition) is 2. The number of hydrogen-bond acceptors (Lipinski definition) is 26. The molecule has 2 fully saturated rings. The molecule has 2 saturated heterocycles. The topological polar surface area (TPSA) is 367 Å². The van der Waals surface area contributed by atoms with Gasteiger partial charge in [-0.15, -0.1) is 10.2 Å². The Hall–Kier alpha value is -7.96. The number of ether oxygens (including phenoxy) is 12. The van der Waals surface area contributed by atoms with Crippen LogP contribution in [0.15, 0.2) is 36.7 Å². The highest BCUT2D eigenvalue weighted by Crippen LogP contribution is 2.32. The molecule has 2 aliphatic rings. The highest BCUT2D eigenvalue weighted by molar-refractivity contribution is 6.07. The van der Waals surface area contributed by atoms with Crippen LogP contribution in [0.4, 0.5) is 0 Å². The molecule has 2 aromatic heterocycles. The zero-order valence-electron chi connectivity index (χ0n) is 42.6. The number of amides is 2. The van der Waals surface area contributed by atoms with Crippen molar-refractivity contribution in [1.29, 1.82) is 0 Å². The minimum Gasteiger partial charge on any atom is -0.463 e. The van der Waals surface area contributed by atoms with Gasteiger partial charge in [-0.1, -0.05) is 22.6 Å². The number of carbonyl (C=O) groups is 10. The van der Waals surface area contributed by atoms with Gasteiger partial charge in [-0.05, 0) is 12.1 Å². The first-order valence-electron chi connectivity index (χ1n) is 23.4. The molecule has 0 saturated carbocycles. The Kier molecular flexibility index (Phi) is 21.8. The van der Waals surface area contributed by atoms with Gasteiger partial charge >= 0.3 is 47.8 Å². The lowest BCUT2D eigenvalue weighted by Crippen LogP contribution is -2.63. The van der Waals surface area contributed by atoms with Crippen molar-refractivity contribution in [3.63, 3.8) is 0 Å². The van der Waals surface area contributed by atoms with Crippen LogP contribution in [-0.4, -0.2) is 177 Å². The third-order valence-electron chi connectivity index (χ3n) is 10.6. The summed E-state index contributed by atoms with van der Waals surface area (Å²) in [6.45, 7) is 7.54. The minimum absolute atomic E-state index is 0.0341. The van der Waals surface area contributed by atoms with Gasteiger partial charge in [0.25, 0.3) is 11.8 Å². The molecule has 0 radical (unpaired) electrons. The van der Waals surface area contributed by atoms with E-state index in [-0.39, 0.29) is 50.5 Å². The molecule has 0 bridgehead atoms. The summed E-state index contributed by atoms with van der Waals surface area (Å²) in [5.74, 6) is -7.36. The molecule has 30 nitrogen and oxygen atoms in total. The molecule has 2 amide bonds. The fourth-order valence-corrected chi connectivity index (χ4v) is 7.64. The van der Waals surface area contributed by atoms with Crippen LogP contribution < -0.4 is 10.6 Å². The van der Waals surface area contributed by atoms with E-state index in [4.69, 9.17) is 56.8 Å². The molecule has 0 aliphatic carbocycles. The van der Waals surface area contributed by atoms with Crippen LogP contribution in [-0.2, 0) is 121 Å². The van der Waals surface area contributed by atoms with Gasteiger partial charge in [-0.25, -0.2) is 9.36 Å². The molecule has 3 aromatic rings. The summed E-state index contributed by atoms with van der Waals surface area (Å²) >= 11 is 0. The molecule has 4 heterocycles. The molecular formula is C46H58N8O22. The van der Waals surface area contributed by atoms with Gasteiger partial charge in [0, 0.05) is 55.4 Å². The number of nitrogens with zero attached hydrogens (tertiary/aromatic N) is 6. The molecular weight excluding hydrogens is 1020 g/mol. The Morgan fingerprint density at radius 1 is 0.474 bits per heavy atom. The van der Waals surface area contributed by atoms with Crippen molar-refractivity contribution >= 4 is 59.6 Å². The molecule has 1 aromatic carbocycles. The third kappa shape index (κ3) is 17.9. The maximum Gasteiger partial charge on any atom is 0.303 e. The summed E-state index contributed by atoms with van der Waals surface area (Å²) in [5, 5.41) is 21.6. The monoisotopic (exact) mass is 1070 g/mol. The average Bonchev–Trinajstić information content (AvgIpc) is 4.01. The largest absolute Gasteiger partial charge is 0.463 e. The van der Waals surface area contributed by atoms with Crippen molar-refractivity contribution in [1.82, 2.24) is 40.6 Å². The standard InChI is InChI=1S/C46H58N8O22/c1-23(55)67-21-35-37(69-25(3)57)39(71-27(5)59)41(73-29(7)61)45(75-35)65-15-13-53-19-31(49-51-53)17-47-43(63)33-11-9-10-12-34(33)44(64)48-18-32-20-54(52-50-32)14-16-66-46-42(74-30(8)62)40(72-28(6)60)38(70-26(4)58)36(76-46)22-68-24(2)56/h9-12,19-20,35-42,45-46H,13-18,21-22H2,1-8H3,(H,47,63)(H,48,64)/t35-,36-,37-,38-,39+,40+,41-,42-,45+,46+/m1/s1. The number of rotatable bonds is 24. The molecule has 5 rings (SSSR count). The Balaban J connectivity index is 1.14. The quantitative estimate of drug-likeness (QED) is 0.0796. The SMILES string of the molecule is CC(=O)OC[C@H]1O[C@H](OCCn2cc(CNC(=O)c3ccccc3C(=O)NCc3cn(CCO[C@H]4O[C@H](COC(C)=O)[C@@H](OC(C)=O)[C@H](OC(C)=O)[C@H]4OC(C)=O)nn3)nn2)[C@H](OC(C)=O)[C@@H](OC(C)=O)[C@@H]1OC(C)=O. The second kappa shape index (κ2) is 28.1. The first-order valence-corrected chi connectivity index (χ1v) is 23.4. The van der Waals surface area contributed by atoms with Gasteiger partial charge < -0.3 is 67.5 Å². The van der Waals surface area contributed by atoms with Crippen molar-refractivity contribution in [3.8, 4) is 0 Å². The van der Waals surface area contributed by atoms with E-state index in [1.807, 2.05) is 0 Å². The Morgan fingerprint density at radius 2 is 0.803 bits per heavy atom. The van der Waals surface area contributed by atoms with Crippen LogP contribution in [0.2, 0.25) is 0 Å². The second-order valence-corrected chi connectivity index (χ2v) is 16.7. The number of esters is 8. The van der Waals surface area contributed by atoms with E-state index < -0.39 is 134 Å². The predicted molar refractivity (Wildman–Crippen MR) is 245 cm³/mol. The van der Waals surface area contributed by atoms with Crippen LogP contribution >= 0.6 is 0 Å². The average molecular weight is 1080 g/mol. The number of benzene rings is 1.